The molecule has 3 aromatic heterocycles. The predicted octanol–water partition coefficient (Wildman–Crippen LogP) is 3.36. The summed E-state index contributed by atoms with van der Waals surface area (Å²) in [6, 6.07) is 14.0. The number of fused-ring (bicyclic) bond motifs is 2. The molecule has 0 saturated heterocycles. The maximum absolute atomic E-state index is 12.8. The first kappa shape index (κ1) is 16.4. The highest BCUT2D eigenvalue weighted by atomic mass is 32.1. The first-order chi connectivity index (χ1) is 13.6. The molecule has 2 aromatic carbocycles. The molecule has 1 N–H and O–H groups in total. The number of nitrogens with one attached hydrogen (secondary N) is 1. The smallest absolute Gasteiger partial charge is 0.274 e. The van der Waals surface area contributed by atoms with E-state index < -0.39 is 4.92 Å². The molecule has 0 atom stereocenters. The highest BCUT2D eigenvalue weighted by Gasteiger charge is 2.12. The van der Waals surface area contributed by atoms with Gasteiger partial charge in [0.05, 0.1) is 15.1 Å². The number of H-pyrrole nitrogens is 1. The van der Waals surface area contributed by atoms with Gasteiger partial charge in [0.2, 0.25) is 0 Å². The highest BCUT2D eigenvalue weighted by molar-refractivity contribution is 7.15. The van der Waals surface area contributed by atoms with Crippen LogP contribution in [0.25, 0.3) is 33.2 Å². The Kier molecular flexibility index (Phi) is 3.59. The van der Waals surface area contributed by atoms with E-state index in [1.807, 2.05) is 36.5 Å². The molecule has 0 aliphatic rings. The highest BCUT2D eigenvalue weighted by Crippen LogP contribution is 2.22. The number of aromatic amines is 1. The molecule has 0 fully saturated rings. The van der Waals surface area contributed by atoms with Crippen molar-refractivity contribution in [1.29, 1.82) is 0 Å². The third-order valence-electron chi connectivity index (χ3n) is 4.59. The van der Waals surface area contributed by atoms with E-state index in [-0.39, 0.29) is 11.2 Å². The number of non-ortho nitro benzene ring substituents is 1. The van der Waals surface area contributed by atoms with Gasteiger partial charge >= 0.3 is 0 Å². The zero-order chi connectivity index (χ0) is 19.3. The summed E-state index contributed by atoms with van der Waals surface area (Å²) in [7, 11) is 0. The number of para-hydroxylation sites is 1. The average molecular weight is 388 g/mol. The number of rotatable bonds is 3. The molecule has 0 radical (unpaired) electrons. The van der Waals surface area contributed by atoms with Gasteiger partial charge in [0.1, 0.15) is 0 Å². The number of thiazole rings is 1. The Labute approximate surface area is 161 Å². The lowest BCUT2D eigenvalue weighted by atomic mass is 10.1. The largest absolute Gasteiger partial charge is 0.361 e. The van der Waals surface area contributed by atoms with Gasteiger partial charge in [-0.05, 0) is 24.3 Å². The van der Waals surface area contributed by atoms with E-state index in [2.05, 4.69) is 9.97 Å². The predicted molar refractivity (Wildman–Crippen MR) is 109 cm³/mol. The quantitative estimate of drug-likeness (QED) is 0.379. The second-order valence-electron chi connectivity index (χ2n) is 6.29. The molecule has 0 aliphatic carbocycles. The van der Waals surface area contributed by atoms with Gasteiger partial charge in [0.25, 0.3) is 11.2 Å². The molecule has 0 aliphatic heterocycles. The summed E-state index contributed by atoms with van der Waals surface area (Å²) in [6.07, 6.45) is 5.42. The van der Waals surface area contributed by atoms with Crippen LogP contribution in [0.15, 0.2) is 65.7 Å². The molecule has 0 spiro atoms. The van der Waals surface area contributed by atoms with Gasteiger partial charge in [-0.1, -0.05) is 29.5 Å². The van der Waals surface area contributed by atoms with Crippen molar-refractivity contribution in [2.75, 3.05) is 0 Å². The maximum Gasteiger partial charge on any atom is 0.274 e. The van der Waals surface area contributed by atoms with Crippen LogP contribution in [0.5, 0.6) is 0 Å². The van der Waals surface area contributed by atoms with E-state index in [9.17, 15) is 14.9 Å². The number of nitro groups is 1. The summed E-state index contributed by atoms with van der Waals surface area (Å²) < 4.78 is 2.12. The van der Waals surface area contributed by atoms with Gasteiger partial charge in [-0.15, -0.1) is 0 Å². The molecule has 5 aromatic rings. The van der Waals surface area contributed by atoms with Gasteiger partial charge in [0, 0.05) is 46.6 Å². The van der Waals surface area contributed by atoms with Crippen molar-refractivity contribution < 1.29 is 4.92 Å². The van der Waals surface area contributed by atoms with Crippen LogP contribution in [0.3, 0.4) is 0 Å². The summed E-state index contributed by atoms with van der Waals surface area (Å²) in [5.41, 5.74) is 3.19. The molecule has 3 heterocycles. The molecule has 136 valence electrons. The van der Waals surface area contributed by atoms with Crippen molar-refractivity contribution >= 4 is 39.0 Å². The van der Waals surface area contributed by atoms with E-state index in [1.54, 1.807) is 18.3 Å². The second kappa shape index (κ2) is 6.14. The van der Waals surface area contributed by atoms with Crippen molar-refractivity contribution in [3.05, 3.63) is 91.5 Å². The normalized spacial score (nSPS) is 12.2. The number of benzene rings is 2. The van der Waals surface area contributed by atoms with Crippen molar-refractivity contribution in [3.8, 4) is 11.3 Å². The Hall–Kier alpha value is -3.78. The Morgan fingerprint density at radius 3 is 2.68 bits per heavy atom. The lowest BCUT2D eigenvalue weighted by molar-refractivity contribution is -0.384. The van der Waals surface area contributed by atoms with E-state index in [1.165, 1.54) is 27.9 Å². The third-order valence-corrected chi connectivity index (χ3v) is 5.57. The average Bonchev–Trinajstić information content (AvgIpc) is 3.38. The van der Waals surface area contributed by atoms with E-state index in [0.29, 0.717) is 15.2 Å². The summed E-state index contributed by atoms with van der Waals surface area (Å²) in [5.74, 6) is 0. The van der Waals surface area contributed by atoms with Crippen LogP contribution in [-0.4, -0.2) is 19.3 Å². The van der Waals surface area contributed by atoms with Crippen LogP contribution in [0.2, 0.25) is 0 Å². The lowest BCUT2D eigenvalue weighted by Crippen LogP contribution is -2.22. The molecular weight excluding hydrogens is 376 g/mol. The van der Waals surface area contributed by atoms with Crippen LogP contribution in [0.4, 0.5) is 5.69 Å². The fourth-order valence-corrected chi connectivity index (χ4v) is 4.13. The van der Waals surface area contributed by atoms with Gasteiger partial charge in [0.15, 0.2) is 4.96 Å². The number of imidazole rings is 1. The first-order valence-electron chi connectivity index (χ1n) is 8.45. The molecule has 0 bridgehead atoms. The molecule has 0 amide bonds. The molecule has 8 heteroatoms. The topological polar surface area (TPSA) is 93.3 Å². The van der Waals surface area contributed by atoms with Crippen molar-refractivity contribution in [2.24, 2.45) is 0 Å². The van der Waals surface area contributed by atoms with Crippen molar-refractivity contribution in [2.45, 2.75) is 0 Å². The first-order valence-corrected chi connectivity index (χ1v) is 9.26. The van der Waals surface area contributed by atoms with E-state index >= 15 is 0 Å². The summed E-state index contributed by atoms with van der Waals surface area (Å²) >= 11 is 1.32. The number of nitro benzene ring substituents is 1. The van der Waals surface area contributed by atoms with E-state index in [0.717, 1.165) is 22.0 Å². The number of hydrogen-bond donors (Lipinski definition) is 1. The van der Waals surface area contributed by atoms with Crippen LogP contribution in [-0.2, 0) is 0 Å². The fourth-order valence-electron chi connectivity index (χ4n) is 3.18. The van der Waals surface area contributed by atoms with Crippen LogP contribution >= 0.6 is 11.3 Å². The standard InChI is InChI=1S/C20H12N4O3S/c25-19-18(9-13-10-21-16-4-2-1-3-15(13)16)28-20-22-17(11-23(19)20)12-5-7-14(8-6-12)24(26)27/h1-11,21H/b18-9+. The maximum atomic E-state index is 12.8. The minimum Gasteiger partial charge on any atom is -0.361 e. The van der Waals surface area contributed by atoms with Crippen LogP contribution in [0, 0.1) is 10.1 Å². The third kappa shape index (κ3) is 2.58. The van der Waals surface area contributed by atoms with Crippen molar-refractivity contribution in [1.82, 2.24) is 14.4 Å². The lowest BCUT2D eigenvalue weighted by Gasteiger charge is -1.95. The Morgan fingerprint density at radius 2 is 1.93 bits per heavy atom. The molecular formula is C20H12N4O3S. The molecule has 0 saturated carbocycles. The molecule has 7 nitrogen and oxygen atoms in total. The van der Waals surface area contributed by atoms with Crippen molar-refractivity contribution in [3.63, 3.8) is 0 Å². The number of aromatic nitrogens is 3. The fraction of sp³-hybridized carbons (Fsp3) is 0. The monoisotopic (exact) mass is 388 g/mol. The van der Waals surface area contributed by atoms with Gasteiger partial charge < -0.3 is 4.98 Å². The molecule has 28 heavy (non-hydrogen) atoms. The molecule has 0 unspecified atom stereocenters. The van der Waals surface area contributed by atoms with Gasteiger partial charge in [-0.2, -0.15) is 0 Å². The Balaban J connectivity index is 1.58. The second-order valence-corrected chi connectivity index (χ2v) is 7.30. The minimum absolute atomic E-state index is 0.0184. The zero-order valence-corrected chi connectivity index (χ0v) is 15.1. The van der Waals surface area contributed by atoms with Gasteiger partial charge in [-0.3, -0.25) is 19.3 Å². The molecule has 5 rings (SSSR count). The summed E-state index contributed by atoms with van der Waals surface area (Å²) in [5, 5.41) is 11.8. The number of hydrogen-bond acceptors (Lipinski definition) is 5. The zero-order valence-electron chi connectivity index (χ0n) is 14.3. The number of nitrogens with zero attached hydrogens (tertiary/aromatic N) is 3. The SMILES string of the molecule is O=c1/c(=C\c2c[nH]c3ccccc23)sc2nc(-c3ccc([N+](=O)[O-])cc3)cn12. The minimum atomic E-state index is -0.446. The summed E-state index contributed by atoms with van der Waals surface area (Å²) in [6.45, 7) is 0. The Bertz CT molecular complexity index is 1460. The van der Waals surface area contributed by atoms with Gasteiger partial charge in [-0.25, -0.2) is 4.98 Å². The summed E-state index contributed by atoms with van der Waals surface area (Å²) in [4.78, 5) is 31.4. The van der Waals surface area contributed by atoms with Crippen LogP contribution < -0.4 is 10.1 Å². The van der Waals surface area contributed by atoms with Crippen LogP contribution in [0.1, 0.15) is 5.56 Å². The van der Waals surface area contributed by atoms with E-state index in [4.69, 9.17) is 0 Å². The Morgan fingerprint density at radius 1 is 1.14 bits per heavy atom.